The third-order valence-electron chi connectivity index (χ3n) is 9.95. The van der Waals surface area contributed by atoms with E-state index in [9.17, 15) is 19.0 Å². The van der Waals surface area contributed by atoms with Gasteiger partial charge in [-0.25, -0.2) is 4.57 Å². The number of phosphoric acid groups is 1. The van der Waals surface area contributed by atoms with Gasteiger partial charge in [-0.2, -0.15) is 0 Å². The molecule has 0 bridgehead atoms. The number of carbonyl (C=O) groups is 2. The topological polar surface area (TPSA) is 108 Å². The van der Waals surface area contributed by atoms with Crippen LogP contribution >= 0.6 is 7.82 Å². The first-order valence-electron chi connectivity index (χ1n) is 23.1. The number of allylic oxidation sites excluding steroid dienone is 4. The van der Waals surface area contributed by atoms with Crippen molar-refractivity contribution < 1.29 is 42.1 Å². The van der Waals surface area contributed by atoms with E-state index in [0.717, 1.165) is 44.9 Å². The van der Waals surface area contributed by atoms with Crippen molar-refractivity contribution >= 4 is 19.8 Å². The van der Waals surface area contributed by atoms with Crippen molar-refractivity contribution in [2.45, 2.75) is 213 Å². The zero-order valence-electron chi connectivity index (χ0n) is 37.1. The highest BCUT2D eigenvalue weighted by Gasteiger charge is 2.27. The van der Waals surface area contributed by atoms with Crippen molar-refractivity contribution in [2.24, 2.45) is 0 Å². The number of nitrogens with zero attached hydrogens (tertiary/aromatic N) is 1. The molecule has 0 heterocycles. The lowest BCUT2D eigenvalue weighted by Gasteiger charge is -2.24. The van der Waals surface area contributed by atoms with E-state index in [4.69, 9.17) is 18.5 Å². The predicted molar refractivity (Wildman–Crippen MR) is 234 cm³/mol. The fourth-order valence-electron chi connectivity index (χ4n) is 6.30. The molecule has 0 spiro atoms. The molecule has 0 saturated carbocycles. The molecule has 1 unspecified atom stereocenters. The molecule has 0 aromatic heterocycles. The molecule has 0 radical (unpaired) electrons. The summed E-state index contributed by atoms with van der Waals surface area (Å²) in [7, 11) is 1.47. The van der Waals surface area contributed by atoms with Gasteiger partial charge in [-0.15, -0.1) is 0 Å². The lowest BCUT2D eigenvalue weighted by atomic mass is 10.1. The molecular formula is C46H89NO8P+. The second-order valence-corrected chi connectivity index (χ2v) is 18.2. The standard InChI is InChI=1S/C46H88NO8P/c1-6-8-10-12-14-16-18-20-22-23-25-26-28-30-32-34-36-38-45(48)52-42-44(43-54-56(50,51)53-41-40-47(3,4)5)55-46(49)39-37-35-33-31-29-27-24-21-19-17-15-13-11-9-7-2/h16,18,27,29,44H,6-15,17,19-26,28,30-43H2,1-5H3/p+1/b18-16+,29-27+/t44-/m1/s1. The van der Waals surface area contributed by atoms with Gasteiger partial charge in [0.15, 0.2) is 6.10 Å². The van der Waals surface area contributed by atoms with Crippen LogP contribution in [0, 0.1) is 0 Å². The summed E-state index contributed by atoms with van der Waals surface area (Å²) in [5.41, 5.74) is 0. The Morgan fingerprint density at radius 2 is 0.911 bits per heavy atom. The Morgan fingerprint density at radius 1 is 0.536 bits per heavy atom. The fraction of sp³-hybridized carbons (Fsp3) is 0.870. The smallest absolute Gasteiger partial charge is 0.462 e. The van der Waals surface area contributed by atoms with Crippen LogP contribution in [0.3, 0.4) is 0 Å². The number of ether oxygens (including phenoxy) is 2. The molecule has 0 aromatic carbocycles. The van der Waals surface area contributed by atoms with Crippen LogP contribution in [0.1, 0.15) is 206 Å². The Hall–Kier alpha value is -1.51. The third kappa shape index (κ3) is 42.1. The van der Waals surface area contributed by atoms with Gasteiger partial charge in [0, 0.05) is 12.8 Å². The molecule has 0 fully saturated rings. The first-order chi connectivity index (χ1) is 27.0. The molecule has 56 heavy (non-hydrogen) atoms. The summed E-state index contributed by atoms with van der Waals surface area (Å²) in [6.07, 6.45) is 42.2. The minimum Gasteiger partial charge on any atom is -0.462 e. The van der Waals surface area contributed by atoms with Crippen LogP contribution < -0.4 is 0 Å². The fourth-order valence-corrected chi connectivity index (χ4v) is 7.04. The summed E-state index contributed by atoms with van der Waals surface area (Å²) >= 11 is 0. The summed E-state index contributed by atoms with van der Waals surface area (Å²) in [5.74, 6) is -0.813. The van der Waals surface area contributed by atoms with E-state index in [1.807, 2.05) is 21.1 Å². The van der Waals surface area contributed by atoms with Gasteiger partial charge in [0.1, 0.15) is 19.8 Å². The van der Waals surface area contributed by atoms with Crippen molar-refractivity contribution in [1.82, 2.24) is 0 Å². The Bertz CT molecular complexity index is 1010. The maximum Gasteiger partial charge on any atom is 0.472 e. The zero-order valence-corrected chi connectivity index (χ0v) is 38.0. The number of carbonyl (C=O) groups excluding carboxylic acids is 2. The second-order valence-electron chi connectivity index (χ2n) is 16.8. The highest BCUT2D eigenvalue weighted by molar-refractivity contribution is 7.47. The largest absolute Gasteiger partial charge is 0.472 e. The van der Waals surface area contributed by atoms with Gasteiger partial charge in [-0.3, -0.25) is 18.6 Å². The number of hydrogen-bond acceptors (Lipinski definition) is 7. The Kier molecular flexibility index (Phi) is 37.9. The molecule has 0 aliphatic carbocycles. The lowest BCUT2D eigenvalue weighted by molar-refractivity contribution is -0.870. The predicted octanol–water partition coefficient (Wildman–Crippen LogP) is 13.1. The molecule has 1 N–H and O–H groups in total. The van der Waals surface area contributed by atoms with Gasteiger partial charge >= 0.3 is 19.8 Å². The monoisotopic (exact) mass is 815 g/mol. The van der Waals surface area contributed by atoms with E-state index in [1.54, 1.807) is 0 Å². The number of unbranched alkanes of at least 4 members (excludes halogenated alkanes) is 24. The number of likely N-dealkylation sites (N-methyl/N-ethyl adjacent to an activating group) is 1. The summed E-state index contributed by atoms with van der Waals surface area (Å²) in [6, 6.07) is 0. The second kappa shape index (κ2) is 39.0. The first kappa shape index (κ1) is 54.5. The van der Waals surface area contributed by atoms with Crippen LogP contribution in [0.25, 0.3) is 0 Å². The highest BCUT2D eigenvalue weighted by Crippen LogP contribution is 2.43. The van der Waals surface area contributed by atoms with Crippen molar-refractivity contribution in [3.05, 3.63) is 24.3 Å². The molecule has 0 aliphatic rings. The molecule has 0 aliphatic heterocycles. The van der Waals surface area contributed by atoms with E-state index < -0.39 is 26.5 Å². The molecule has 330 valence electrons. The van der Waals surface area contributed by atoms with Crippen LogP contribution in [0.15, 0.2) is 24.3 Å². The number of hydrogen-bond donors (Lipinski definition) is 1. The van der Waals surface area contributed by atoms with Crippen LogP contribution in [0.4, 0.5) is 0 Å². The first-order valence-corrected chi connectivity index (χ1v) is 24.6. The minimum absolute atomic E-state index is 0.0300. The Labute approximate surface area is 345 Å². The van der Waals surface area contributed by atoms with Crippen molar-refractivity contribution in [1.29, 1.82) is 0 Å². The number of quaternary nitrogens is 1. The normalized spacial score (nSPS) is 13.8. The highest BCUT2D eigenvalue weighted by atomic mass is 31.2. The van der Waals surface area contributed by atoms with E-state index in [-0.39, 0.29) is 32.0 Å². The zero-order chi connectivity index (χ0) is 41.4. The SMILES string of the molecule is CCCCCC/C=C/CCCCCCCCCCCC(=O)OC[C@H](COP(=O)(O)OCC[N+](C)(C)C)OC(=O)CCCCC/C=C/CCCCCCCCCC. The van der Waals surface area contributed by atoms with Crippen LogP contribution in [0.5, 0.6) is 0 Å². The average molecular weight is 815 g/mol. The lowest BCUT2D eigenvalue weighted by Crippen LogP contribution is -2.37. The molecule has 9 nitrogen and oxygen atoms in total. The number of phosphoric ester groups is 1. The average Bonchev–Trinajstić information content (AvgIpc) is 3.15. The van der Waals surface area contributed by atoms with Crippen molar-refractivity contribution in [3.63, 3.8) is 0 Å². The van der Waals surface area contributed by atoms with Gasteiger partial charge in [0.2, 0.25) is 0 Å². The van der Waals surface area contributed by atoms with Crippen molar-refractivity contribution in [2.75, 3.05) is 47.5 Å². The van der Waals surface area contributed by atoms with Gasteiger partial charge in [-0.1, -0.05) is 154 Å². The van der Waals surface area contributed by atoms with E-state index in [2.05, 4.69) is 38.2 Å². The summed E-state index contributed by atoms with van der Waals surface area (Å²) in [5, 5.41) is 0. The molecule has 2 atom stereocenters. The van der Waals surface area contributed by atoms with E-state index >= 15 is 0 Å². The summed E-state index contributed by atoms with van der Waals surface area (Å²) < 4.78 is 34.3. The molecule has 0 aromatic rings. The maximum atomic E-state index is 12.7. The van der Waals surface area contributed by atoms with Crippen LogP contribution in [-0.2, 0) is 32.7 Å². The number of rotatable bonds is 42. The summed E-state index contributed by atoms with van der Waals surface area (Å²) in [6.45, 7) is 4.41. The molecular weight excluding hydrogens is 725 g/mol. The number of esters is 2. The molecule has 0 amide bonds. The molecule has 0 rings (SSSR count). The minimum atomic E-state index is -4.38. The quantitative estimate of drug-likeness (QED) is 0.0213. The Balaban J connectivity index is 4.33. The van der Waals surface area contributed by atoms with E-state index in [1.165, 1.54) is 128 Å². The molecule has 10 heteroatoms. The van der Waals surface area contributed by atoms with Gasteiger partial charge in [-0.05, 0) is 64.2 Å². The Morgan fingerprint density at radius 3 is 1.36 bits per heavy atom. The third-order valence-corrected chi connectivity index (χ3v) is 10.9. The van der Waals surface area contributed by atoms with Crippen LogP contribution in [0.2, 0.25) is 0 Å². The maximum absolute atomic E-state index is 12.7. The molecule has 0 saturated heterocycles. The summed E-state index contributed by atoms with van der Waals surface area (Å²) in [4.78, 5) is 35.4. The van der Waals surface area contributed by atoms with E-state index in [0.29, 0.717) is 17.4 Å². The van der Waals surface area contributed by atoms with Crippen molar-refractivity contribution in [3.8, 4) is 0 Å². The van der Waals surface area contributed by atoms with Gasteiger partial charge in [0.25, 0.3) is 0 Å². The van der Waals surface area contributed by atoms with Gasteiger partial charge < -0.3 is 18.9 Å². The van der Waals surface area contributed by atoms with Gasteiger partial charge in [0.05, 0.1) is 27.7 Å². The van der Waals surface area contributed by atoms with Crippen LogP contribution in [-0.4, -0.2) is 74.9 Å².